The van der Waals surface area contributed by atoms with Gasteiger partial charge in [-0.05, 0) is 28.0 Å². The minimum absolute atomic E-state index is 0.0561. The number of allylic oxidation sites excluding steroid dienone is 2. The molecule has 0 amide bonds. The Hall–Kier alpha value is -2.59. The van der Waals surface area contributed by atoms with Crippen molar-refractivity contribution in [2.45, 2.75) is 5.92 Å². The van der Waals surface area contributed by atoms with Crippen LogP contribution in [0.4, 0.5) is 0 Å². The van der Waals surface area contributed by atoms with Crippen molar-refractivity contribution in [3.63, 3.8) is 0 Å². The summed E-state index contributed by atoms with van der Waals surface area (Å²) in [6.07, 6.45) is 1.83. The van der Waals surface area contributed by atoms with Crippen LogP contribution in [0.15, 0.2) is 39.7 Å². The molecular weight excluding hydrogens is 296 g/mol. The van der Waals surface area contributed by atoms with Gasteiger partial charge >= 0.3 is 0 Å². The lowest BCUT2D eigenvalue weighted by Crippen LogP contribution is -2.44. The van der Waals surface area contributed by atoms with Crippen LogP contribution in [0.5, 0.6) is 0 Å². The van der Waals surface area contributed by atoms with Gasteiger partial charge in [0.25, 0.3) is 0 Å². The predicted molar refractivity (Wildman–Crippen MR) is 79.9 cm³/mol. The Labute approximate surface area is 132 Å². The van der Waals surface area contributed by atoms with E-state index in [-0.39, 0.29) is 17.2 Å². The van der Waals surface area contributed by atoms with E-state index in [2.05, 4.69) is 18.2 Å². The Kier molecular flexibility index (Phi) is 3.47. The van der Waals surface area contributed by atoms with Crippen molar-refractivity contribution >= 4 is 11.3 Å². The van der Waals surface area contributed by atoms with Gasteiger partial charge in [0.1, 0.15) is 6.07 Å². The van der Waals surface area contributed by atoms with E-state index >= 15 is 0 Å². The number of thiophene rings is 1. The number of nitrogens with two attached hydrogens (primary N) is 1. The fourth-order valence-corrected chi connectivity index (χ4v) is 4.01. The molecule has 22 heavy (non-hydrogen) atoms. The molecule has 2 heterocycles. The summed E-state index contributed by atoms with van der Waals surface area (Å²) in [5.74, 6) is -0.651. The maximum atomic E-state index is 9.73. The van der Waals surface area contributed by atoms with Crippen molar-refractivity contribution in [2.24, 2.45) is 17.1 Å². The molecule has 0 saturated carbocycles. The Bertz CT molecular complexity index is 772. The third-order valence-corrected chi connectivity index (χ3v) is 5.04. The van der Waals surface area contributed by atoms with E-state index in [4.69, 9.17) is 10.5 Å². The largest absolute Gasteiger partial charge is 0.399 e. The Balaban J connectivity index is 2.33. The highest BCUT2D eigenvalue weighted by molar-refractivity contribution is 7.08. The van der Waals surface area contributed by atoms with Crippen molar-refractivity contribution in [3.8, 4) is 18.2 Å². The molecule has 0 spiro atoms. The average Bonchev–Trinajstić information content (AvgIpc) is 3.08. The summed E-state index contributed by atoms with van der Waals surface area (Å²) in [5, 5.41) is 32.7. The van der Waals surface area contributed by atoms with Crippen LogP contribution in [0, 0.1) is 45.3 Å². The summed E-state index contributed by atoms with van der Waals surface area (Å²) < 4.78 is 5.51. The van der Waals surface area contributed by atoms with Gasteiger partial charge in [0.05, 0.1) is 36.6 Å². The molecule has 1 aliphatic heterocycles. The molecule has 6 heteroatoms. The lowest BCUT2D eigenvalue weighted by molar-refractivity contribution is 0.0980. The summed E-state index contributed by atoms with van der Waals surface area (Å²) in [5.41, 5.74) is 6.57. The highest BCUT2D eigenvalue weighted by Crippen LogP contribution is 2.54. The number of ether oxygens (including phenoxy) is 1. The fourth-order valence-electron chi connectivity index (χ4n) is 3.31. The maximum Gasteiger partial charge on any atom is 0.191 e. The number of hydrogen-bond donors (Lipinski definition) is 1. The highest BCUT2D eigenvalue weighted by atomic mass is 32.1. The van der Waals surface area contributed by atoms with E-state index in [0.717, 1.165) is 11.1 Å². The van der Waals surface area contributed by atoms with Gasteiger partial charge in [-0.1, -0.05) is 6.08 Å². The Morgan fingerprint density at radius 2 is 2.09 bits per heavy atom. The van der Waals surface area contributed by atoms with Gasteiger partial charge in [0, 0.05) is 11.8 Å². The predicted octanol–water partition coefficient (Wildman–Crippen LogP) is 2.19. The van der Waals surface area contributed by atoms with Crippen LogP contribution in [0.1, 0.15) is 11.5 Å². The molecule has 3 rings (SSSR count). The maximum absolute atomic E-state index is 9.73. The zero-order valence-corrected chi connectivity index (χ0v) is 12.4. The number of nitriles is 3. The van der Waals surface area contributed by atoms with Crippen molar-refractivity contribution in [2.75, 3.05) is 13.2 Å². The number of nitrogens with zero attached hydrogens (tertiary/aromatic N) is 3. The van der Waals surface area contributed by atoms with E-state index in [9.17, 15) is 15.8 Å². The van der Waals surface area contributed by atoms with Crippen molar-refractivity contribution in [1.29, 1.82) is 15.8 Å². The molecule has 2 aliphatic rings. The zero-order valence-electron chi connectivity index (χ0n) is 11.6. The van der Waals surface area contributed by atoms with E-state index in [1.54, 1.807) is 0 Å². The zero-order chi connectivity index (χ0) is 15.7. The van der Waals surface area contributed by atoms with Gasteiger partial charge < -0.3 is 10.5 Å². The van der Waals surface area contributed by atoms with Crippen LogP contribution in [-0.4, -0.2) is 13.2 Å². The van der Waals surface area contributed by atoms with Crippen molar-refractivity contribution in [1.82, 2.24) is 0 Å². The molecule has 1 aromatic rings. The van der Waals surface area contributed by atoms with Crippen LogP contribution in [0.25, 0.3) is 0 Å². The molecule has 2 atom stereocenters. The summed E-state index contributed by atoms with van der Waals surface area (Å²) in [4.78, 5) is 0. The topological polar surface area (TPSA) is 107 Å². The van der Waals surface area contributed by atoms with Gasteiger partial charge in [-0.25, -0.2) is 0 Å². The third-order valence-electron chi connectivity index (χ3n) is 4.34. The van der Waals surface area contributed by atoms with Crippen LogP contribution >= 0.6 is 11.3 Å². The van der Waals surface area contributed by atoms with E-state index in [1.807, 2.05) is 22.9 Å². The first-order chi connectivity index (χ1) is 10.7. The number of hydrogen-bond acceptors (Lipinski definition) is 6. The molecule has 108 valence electrons. The second-order valence-corrected chi connectivity index (χ2v) is 6.05. The molecule has 1 aliphatic carbocycles. The van der Waals surface area contributed by atoms with Gasteiger partial charge in [-0.2, -0.15) is 27.1 Å². The third kappa shape index (κ3) is 1.77. The molecule has 0 saturated heterocycles. The summed E-state index contributed by atoms with van der Waals surface area (Å²) in [6.45, 7) is 0.780. The lowest BCUT2D eigenvalue weighted by Gasteiger charge is -2.42. The number of rotatable bonds is 1. The Morgan fingerprint density at radius 1 is 1.32 bits per heavy atom. The molecule has 0 unspecified atom stereocenters. The average molecular weight is 308 g/mol. The normalized spacial score (nSPS) is 26.1. The van der Waals surface area contributed by atoms with Crippen LogP contribution in [0.2, 0.25) is 0 Å². The van der Waals surface area contributed by atoms with E-state index in [0.29, 0.717) is 13.2 Å². The van der Waals surface area contributed by atoms with E-state index in [1.165, 1.54) is 11.3 Å². The highest BCUT2D eigenvalue weighted by Gasteiger charge is 2.54. The summed E-state index contributed by atoms with van der Waals surface area (Å²) in [6, 6.07) is 8.13. The second kappa shape index (κ2) is 5.31. The monoisotopic (exact) mass is 308 g/mol. The molecule has 1 aromatic heterocycles. The van der Waals surface area contributed by atoms with Crippen molar-refractivity contribution < 1.29 is 4.74 Å². The summed E-state index contributed by atoms with van der Waals surface area (Å²) in [7, 11) is 0. The lowest BCUT2D eigenvalue weighted by atomic mass is 9.59. The van der Waals surface area contributed by atoms with Gasteiger partial charge in [0.15, 0.2) is 5.41 Å². The first-order valence-corrected chi connectivity index (χ1v) is 7.67. The van der Waals surface area contributed by atoms with Crippen molar-refractivity contribution in [3.05, 3.63) is 45.3 Å². The van der Waals surface area contributed by atoms with Gasteiger partial charge in [-0.15, -0.1) is 0 Å². The molecule has 5 nitrogen and oxygen atoms in total. The first kappa shape index (κ1) is 14.4. The standard InChI is InChI=1S/C16H12N4OS/c17-5-12-11-1-3-21-6-13(11)14(10-2-4-22-7-10)16(8-18,9-19)15(12)20/h1-2,4,7,13-14H,3,6,20H2/t13-,14-/m0/s1. The molecule has 2 N–H and O–H groups in total. The SMILES string of the molecule is N#CC1=C(N)C(C#N)(C#N)[C@@H](c2ccsc2)[C@H]2COCC=C12. The summed E-state index contributed by atoms with van der Waals surface area (Å²) >= 11 is 1.50. The second-order valence-electron chi connectivity index (χ2n) is 5.27. The van der Waals surface area contributed by atoms with Gasteiger partial charge in [-0.3, -0.25) is 0 Å². The Morgan fingerprint density at radius 3 is 2.68 bits per heavy atom. The van der Waals surface area contributed by atoms with Crippen LogP contribution in [-0.2, 0) is 4.74 Å². The van der Waals surface area contributed by atoms with Crippen LogP contribution < -0.4 is 5.73 Å². The quantitative estimate of drug-likeness (QED) is 0.855. The minimum Gasteiger partial charge on any atom is -0.399 e. The smallest absolute Gasteiger partial charge is 0.191 e. The fraction of sp³-hybridized carbons (Fsp3) is 0.312. The van der Waals surface area contributed by atoms with Gasteiger partial charge in [0.2, 0.25) is 0 Å². The molecule has 0 bridgehead atoms. The molecular formula is C16H12N4OS. The molecule has 0 aromatic carbocycles. The van der Waals surface area contributed by atoms with Crippen LogP contribution in [0.3, 0.4) is 0 Å². The molecule has 0 fully saturated rings. The number of fused-ring (bicyclic) bond motifs is 1. The molecule has 0 radical (unpaired) electrons. The van der Waals surface area contributed by atoms with E-state index < -0.39 is 11.3 Å². The first-order valence-electron chi connectivity index (χ1n) is 6.72. The minimum atomic E-state index is -1.55.